The maximum Gasteiger partial charge on any atom is 0.248 e. The lowest BCUT2D eigenvalue weighted by Crippen LogP contribution is -2.13. The van der Waals surface area contributed by atoms with Gasteiger partial charge in [-0.05, 0) is 41.5 Å². The van der Waals surface area contributed by atoms with E-state index in [1.165, 1.54) is 19.3 Å². The van der Waals surface area contributed by atoms with Gasteiger partial charge in [0.25, 0.3) is 0 Å². The van der Waals surface area contributed by atoms with Gasteiger partial charge in [0, 0.05) is 11.8 Å². The van der Waals surface area contributed by atoms with E-state index in [-0.39, 0.29) is 23.7 Å². The normalized spacial score (nSPS) is 11.0. The van der Waals surface area contributed by atoms with Crippen LogP contribution in [0.25, 0.3) is 6.08 Å². The van der Waals surface area contributed by atoms with Gasteiger partial charge in [-0.25, -0.2) is 4.84 Å². The predicted molar refractivity (Wildman–Crippen MR) is 89.0 cm³/mol. The second-order valence-corrected chi connectivity index (χ2v) is 4.98. The van der Waals surface area contributed by atoms with E-state index in [1.807, 2.05) is 0 Å². The molecule has 0 aliphatic rings. The molecule has 4 N–H and O–H groups in total. The molecule has 2 aromatic rings. The number of carbonyl (C=O) groups excluding carboxylic acids is 1. The lowest BCUT2D eigenvalue weighted by molar-refractivity contribution is -0.497. The number of nitrogens with one attached hydrogen (secondary N) is 1. The lowest BCUT2D eigenvalue weighted by Gasteiger charge is -2.07. The van der Waals surface area contributed by atoms with Gasteiger partial charge in [0.05, 0.1) is 19.1 Å². The first kappa shape index (κ1) is 18.4. The van der Waals surface area contributed by atoms with Gasteiger partial charge in [-0.3, -0.25) is 15.2 Å². The van der Waals surface area contributed by atoms with Crippen molar-refractivity contribution in [2.75, 3.05) is 12.4 Å². The van der Waals surface area contributed by atoms with Crippen LogP contribution in [-0.4, -0.2) is 33.9 Å². The molecule has 0 unspecified atom stereocenters. The molecule has 0 aliphatic heterocycles. The first-order chi connectivity index (χ1) is 12.0. The average Bonchev–Trinajstić information content (AvgIpc) is 2.59. The number of aromatic hydroxyl groups is 1. The molecule has 2 rings (SSSR count). The number of hydrogen-bond donors (Lipinski definition) is 4. The van der Waals surface area contributed by atoms with Crippen LogP contribution in [0.1, 0.15) is 11.1 Å². The number of phenols is 1. The van der Waals surface area contributed by atoms with E-state index < -0.39 is 0 Å². The summed E-state index contributed by atoms with van der Waals surface area (Å²) in [6, 6.07) is 11.5. The topological polar surface area (TPSA) is 111 Å². The van der Waals surface area contributed by atoms with Gasteiger partial charge in [-0.1, -0.05) is 18.2 Å². The zero-order chi connectivity index (χ0) is 18.2. The number of amides is 1. The molecule has 2 aromatic carbocycles. The van der Waals surface area contributed by atoms with E-state index >= 15 is 0 Å². The third-order valence-corrected chi connectivity index (χ3v) is 3.20. The first-order valence-corrected chi connectivity index (χ1v) is 7.23. The van der Waals surface area contributed by atoms with E-state index in [2.05, 4.69) is 10.2 Å². The van der Waals surface area contributed by atoms with Crippen LogP contribution in [0.3, 0.4) is 0 Å². The summed E-state index contributed by atoms with van der Waals surface area (Å²) in [6.45, 7) is -0.0257. The predicted octanol–water partition coefficient (Wildman–Crippen LogP) is 2.56. The van der Waals surface area contributed by atoms with Crippen LogP contribution < -0.4 is 10.1 Å². The molecule has 8 nitrogen and oxygen atoms in total. The molecule has 0 atom stereocenters. The smallest absolute Gasteiger partial charge is 0.248 e. The Balaban J connectivity index is 1.92. The quantitative estimate of drug-likeness (QED) is 0.450. The second kappa shape index (κ2) is 8.81. The summed E-state index contributed by atoms with van der Waals surface area (Å²) >= 11 is 0. The van der Waals surface area contributed by atoms with Crippen LogP contribution in [0.5, 0.6) is 11.5 Å². The van der Waals surface area contributed by atoms with Crippen molar-refractivity contribution in [3.8, 4) is 11.5 Å². The second-order valence-electron chi connectivity index (χ2n) is 4.98. The fourth-order valence-corrected chi connectivity index (χ4v) is 1.98. The highest BCUT2D eigenvalue weighted by molar-refractivity contribution is 6.01. The molecule has 0 radical (unpaired) electrons. The molecule has 132 valence electrons. The van der Waals surface area contributed by atoms with E-state index in [0.717, 1.165) is 0 Å². The number of ether oxygens (including phenoxy) is 1. The minimum atomic E-state index is -0.364. The SMILES string of the molecule is COc1ccc(/C=C/C(=O)Nc2ccc(CON(O)O)cc2)cc1O. The largest absolute Gasteiger partial charge is 0.504 e. The Kier molecular flexibility index (Phi) is 6.49. The van der Waals surface area contributed by atoms with E-state index in [4.69, 9.17) is 15.2 Å². The minimum absolute atomic E-state index is 0.00723. The Morgan fingerprint density at radius 1 is 1.20 bits per heavy atom. The molecule has 0 saturated carbocycles. The number of phenolic OH excluding ortho intramolecular Hbond substituents is 1. The number of benzene rings is 2. The van der Waals surface area contributed by atoms with Crippen LogP contribution in [-0.2, 0) is 16.2 Å². The molecule has 0 saturated heterocycles. The Bertz CT molecular complexity index is 743. The van der Waals surface area contributed by atoms with Gasteiger partial charge in [-0.2, -0.15) is 0 Å². The maximum absolute atomic E-state index is 11.9. The van der Waals surface area contributed by atoms with Gasteiger partial charge >= 0.3 is 0 Å². The molecule has 1 amide bonds. The highest BCUT2D eigenvalue weighted by Gasteiger charge is 2.02. The van der Waals surface area contributed by atoms with Crippen LogP contribution in [0.2, 0.25) is 0 Å². The molecular formula is C17H18N2O6. The van der Waals surface area contributed by atoms with Crippen LogP contribution in [0.15, 0.2) is 48.5 Å². The van der Waals surface area contributed by atoms with E-state index in [1.54, 1.807) is 42.5 Å². The van der Waals surface area contributed by atoms with Crippen LogP contribution >= 0.6 is 0 Å². The highest BCUT2D eigenvalue weighted by atomic mass is 17.1. The Labute approximate surface area is 144 Å². The summed E-state index contributed by atoms with van der Waals surface area (Å²) in [4.78, 5) is 16.4. The lowest BCUT2D eigenvalue weighted by atomic mass is 10.2. The molecule has 0 aromatic heterocycles. The maximum atomic E-state index is 11.9. The van der Waals surface area contributed by atoms with Gasteiger partial charge in [0.2, 0.25) is 5.91 Å². The van der Waals surface area contributed by atoms with E-state index in [9.17, 15) is 9.90 Å². The van der Waals surface area contributed by atoms with Gasteiger partial charge in [-0.15, -0.1) is 0 Å². The summed E-state index contributed by atoms with van der Waals surface area (Å²) in [5, 5.41) is 28.9. The summed E-state index contributed by atoms with van der Waals surface area (Å²) in [6.07, 6.45) is 2.90. The number of rotatable bonds is 7. The van der Waals surface area contributed by atoms with Crippen LogP contribution in [0.4, 0.5) is 5.69 Å². The Hall–Kier alpha value is -2.91. The standard InChI is InChI=1S/C17H18N2O6/c1-24-16-8-4-12(10-15(16)20)5-9-17(21)18-14-6-2-13(3-7-14)11-25-19(22)23/h2-10,20,22-23H,11H2,1H3,(H,18,21)/b9-5+. The molecule has 0 heterocycles. The van der Waals surface area contributed by atoms with Crippen molar-refractivity contribution < 1.29 is 29.9 Å². The molecule has 0 bridgehead atoms. The molecular weight excluding hydrogens is 328 g/mol. The van der Waals surface area contributed by atoms with Crippen molar-refractivity contribution in [3.63, 3.8) is 0 Å². The average molecular weight is 346 g/mol. The minimum Gasteiger partial charge on any atom is -0.504 e. The van der Waals surface area contributed by atoms with Gasteiger partial charge < -0.3 is 15.2 Å². The first-order valence-electron chi connectivity index (χ1n) is 7.23. The number of nitrogens with zero attached hydrogens (tertiary/aromatic N) is 1. The molecule has 25 heavy (non-hydrogen) atoms. The van der Waals surface area contributed by atoms with Crippen molar-refractivity contribution in [2.24, 2.45) is 0 Å². The zero-order valence-electron chi connectivity index (χ0n) is 13.4. The molecule has 8 heteroatoms. The Morgan fingerprint density at radius 3 is 2.52 bits per heavy atom. The molecule has 0 aliphatic carbocycles. The summed E-state index contributed by atoms with van der Waals surface area (Å²) < 4.78 is 4.95. The van der Waals surface area contributed by atoms with Crippen molar-refractivity contribution in [3.05, 3.63) is 59.7 Å². The number of anilines is 1. The van der Waals surface area contributed by atoms with Crippen molar-refractivity contribution >= 4 is 17.7 Å². The fraction of sp³-hybridized carbons (Fsp3) is 0.118. The van der Waals surface area contributed by atoms with Gasteiger partial charge in [0.1, 0.15) is 0 Å². The number of carbonyl (C=O) groups is 1. The summed E-state index contributed by atoms with van der Waals surface area (Å²) in [5.41, 5.74) is 1.91. The summed E-state index contributed by atoms with van der Waals surface area (Å²) in [5.74, 6) is 0.0135. The van der Waals surface area contributed by atoms with Crippen molar-refractivity contribution in [1.29, 1.82) is 0 Å². The van der Waals surface area contributed by atoms with Crippen molar-refractivity contribution in [1.82, 2.24) is 5.39 Å². The third-order valence-electron chi connectivity index (χ3n) is 3.20. The zero-order valence-corrected chi connectivity index (χ0v) is 13.4. The number of methoxy groups -OCH3 is 1. The van der Waals surface area contributed by atoms with E-state index in [0.29, 0.717) is 22.6 Å². The highest BCUT2D eigenvalue weighted by Crippen LogP contribution is 2.26. The van der Waals surface area contributed by atoms with Gasteiger partial charge in [0.15, 0.2) is 11.5 Å². The number of hydrogen-bond acceptors (Lipinski definition) is 7. The fourth-order valence-electron chi connectivity index (χ4n) is 1.98. The monoisotopic (exact) mass is 346 g/mol. The summed E-state index contributed by atoms with van der Waals surface area (Å²) in [7, 11) is 1.46. The van der Waals surface area contributed by atoms with Crippen molar-refractivity contribution in [2.45, 2.75) is 6.61 Å². The molecule has 0 spiro atoms. The molecule has 0 fully saturated rings. The van der Waals surface area contributed by atoms with Crippen LogP contribution in [0, 0.1) is 0 Å². The Morgan fingerprint density at radius 2 is 1.92 bits per heavy atom. The third kappa shape index (κ3) is 5.90.